The standard InChI is InChI=1S/C6H11NO.ClH.H3P/c1-4-6(8)7-5(2)3;;/h4-5H,1H2,2-3H3,(H,7,8);1H;1H3. The van der Waals surface area contributed by atoms with Crippen LogP contribution in [-0.2, 0) is 4.79 Å². The second-order valence-corrected chi connectivity index (χ2v) is 1.87. The molecule has 0 rings (SSSR count). The van der Waals surface area contributed by atoms with Gasteiger partial charge in [0.1, 0.15) is 0 Å². The van der Waals surface area contributed by atoms with Crippen LogP contribution in [0.1, 0.15) is 13.8 Å². The molecule has 1 amide bonds. The zero-order valence-electron chi connectivity index (χ0n) is 6.39. The molecule has 0 aliphatic rings. The Bertz CT molecular complexity index is 106. The summed E-state index contributed by atoms with van der Waals surface area (Å²) in [4.78, 5) is 10.4. The van der Waals surface area contributed by atoms with Gasteiger partial charge in [-0.25, -0.2) is 0 Å². The third-order valence-corrected chi connectivity index (χ3v) is 0.616. The highest BCUT2D eigenvalue weighted by Gasteiger charge is 1.93. The first kappa shape index (κ1) is 16.5. The summed E-state index contributed by atoms with van der Waals surface area (Å²) in [6.45, 7) is 7.11. The van der Waals surface area contributed by atoms with Crippen molar-refractivity contribution in [2.75, 3.05) is 0 Å². The SMILES string of the molecule is C=CC(=O)NC(C)C.Cl.P. The first-order valence-electron chi connectivity index (χ1n) is 2.59. The van der Waals surface area contributed by atoms with Gasteiger partial charge in [0.2, 0.25) is 5.91 Å². The Morgan fingerprint density at radius 2 is 2.00 bits per heavy atom. The number of carbonyl (C=O) groups is 1. The van der Waals surface area contributed by atoms with Crippen molar-refractivity contribution >= 4 is 28.2 Å². The van der Waals surface area contributed by atoms with E-state index in [1.165, 1.54) is 6.08 Å². The monoisotopic (exact) mass is 183 g/mol. The highest BCUT2D eigenvalue weighted by molar-refractivity contribution is 6.92. The van der Waals surface area contributed by atoms with Crippen LogP contribution in [0.2, 0.25) is 0 Å². The van der Waals surface area contributed by atoms with Crippen molar-refractivity contribution in [3.63, 3.8) is 0 Å². The largest absolute Gasteiger partial charge is 0.350 e. The van der Waals surface area contributed by atoms with Crippen molar-refractivity contribution in [3.05, 3.63) is 12.7 Å². The molecule has 0 spiro atoms. The summed E-state index contributed by atoms with van der Waals surface area (Å²) in [7, 11) is 0. The molecular weight excluding hydrogens is 168 g/mol. The Balaban J connectivity index is -0.000000245. The molecule has 0 heterocycles. The molecule has 1 N–H and O–H groups in total. The van der Waals surface area contributed by atoms with Crippen LogP contribution in [0.25, 0.3) is 0 Å². The second kappa shape index (κ2) is 8.93. The molecule has 1 unspecified atom stereocenters. The van der Waals surface area contributed by atoms with Crippen molar-refractivity contribution < 1.29 is 4.79 Å². The number of hydrogen-bond donors (Lipinski definition) is 1. The fourth-order valence-corrected chi connectivity index (χ4v) is 0.343. The van der Waals surface area contributed by atoms with E-state index < -0.39 is 0 Å². The van der Waals surface area contributed by atoms with E-state index in [9.17, 15) is 4.79 Å². The van der Waals surface area contributed by atoms with Crippen LogP contribution in [0.4, 0.5) is 0 Å². The molecule has 1 atom stereocenters. The van der Waals surface area contributed by atoms with Crippen molar-refractivity contribution in [1.82, 2.24) is 5.32 Å². The first-order valence-corrected chi connectivity index (χ1v) is 2.59. The Labute approximate surface area is 71.5 Å². The quantitative estimate of drug-likeness (QED) is 0.506. The maximum Gasteiger partial charge on any atom is 0.243 e. The van der Waals surface area contributed by atoms with Crippen LogP contribution < -0.4 is 5.32 Å². The zero-order chi connectivity index (χ0) is 6.57. The molecule has 0 saturated carbocycles. The summed E-state index contributed by atoms with van der Waals surface area (Å²) in [5.41, 5.74) is 0. The van der Waals surface area contributed by atoms with E-state index in [4.69, 9.17) is 0 Å². The molecule has 0 fully saturated rings. The van der Waals surface area contributed by atoms with Crippen LogP contribution in [0, 0.1) is 0 Å². The van der Waals surface area contributed by atoms with Gasteiger partial charge in [0.05, 0.1) is 0 Å². The predicted molar refractivity (Wildman–Crippen MR) is 51.8 cm³/mol. The summed E-state index contributed by atoms with van der Waals surface area (Å²) >= 11 is 0. The molecule has 0 aromatic rings. The Morgan fingerprint density at radius 1 is 1.60 bits per heavy atom. The summed E-state index contributed by atoms with van der Waals surface area (Å²) in [6.07, 6.45) is 1.26. The van der Waals surface area contributed by atoms with E-state index in [0.29, 0.717) is 0 Å². The molecule has 0 bridgehead atoms. The van der Waals surface area contributed by atoms with Gasteiger partial charge in [0, 0.05) is 6.04 Å². The van der Waals surface area contributed by atoms with Crippen LogP contribution in [0.3, 0.4) is 0 Å². The van der Waals surface area contributed by atoms with Crippen molar-refractivity contribution in [2.45, 2.75) is 19.9 Å². The van der Waals surface area contributed by atoms with E-state index in [2.05, 4.69) is 11.9 Å². The number of rotatable bonds is 2. The van der Waals surface area contributed by atoms with Gasteiger partial charge in [-0.1, -0.05) is 6.58 Å². The lowest BCUT2D eigenvalue weighted by Gasteiger charge is -2.02. The summed E-state index contributed by atoms with van der Waals surface area (Å²) in [6, 6.07) is 0.209. The molecule has 4 heteroatoms. The lowest BCUT2D eigenvalue weighted by atomic mass is 10.4. The Hall–Kier alpha value is -0.0700. The predicted octanol–water partition coefficient (Wildman–Crippen LogP) is 1.18. The van der Waals surface area contributed by atoms with E-state index in [0.717, 1.165) is 0 Å². The van der Waals surface area contributed by atoms with Crippen LogP contribution in [0.15, 0.2) is 12.7 Å². The zero-order valence-corrected chi connectivity index (χ0v) is 8.62. The average Bonchev–Trinajstić information content (AvgIpc) is 1.65. The second-order valence-electron chi connectivity index (χ2n) is 1.87. The highest BCUT2D eigenvalue weighted by atomic mass is 35.5. The third kappa shape index (κ3) is 10.8. The maximum atomic E-state index is 10.4. The smallest absolute Gasteiger partial charge is 0.243 e. The van der Waals surface area contributed by atoms with E-state index in [1.54, 1.807) is 0 Å². The topological polar surface area (TPSA) is 29.1 Å². The molecule has 62 valence electrons. The summed E-state index contributed by atoms with van der Waals surface area (Å²) in [5.74, 6) is -0.111. The van der Waals surface area contributed by atoms with Gasteiger partial charge in [-0.05, 0) is 19.9 Å². The minimum atomic E-state index is -0.111. The summed E-state index contributed by atoms with van der Waals surface area (Å²) < 4.78 is 0. The van der Waals surface area contributed by atoms with Crippen LogP contribution >= 0.6 is 22.3 Å². The molecule has 0 radical (unpaired) electrons. The number of hydrogen-bond acceptors (Lipinski definition) is 1. The minimum absolute atomic E-state index is 0. The number of nitrogens with one attached hydrogen (secondary N) is 1. The Kier molecular flexibility index (Phi) is 14.7. The lowest BCUT2D eigenvalue weighted by molar-refractivity contribution is -0.116. The van der Waals surface area contributed by atoms with Crippen molar-refractivity contribution in [1.29, 1.82) is 0 Å². The third-order valence-electron chi connectivity index (χ3n) is 0.616. The molecule has 10 heavy (non-hydrogen) atoms. The van der Waals surface area contributed by atoms with Crippen LogP contribution in [-0.4, -0.2) is 11.9 Å². The average molecular weight is 184 g/mol. The van der Waals surface area contributed by atoms with E-state index in [1.807, 2.05) is 13.8 Å². The van der Waals surface area contributed by atoms with Crippen molar-refractivity contribution in [3.8, 4) is 0 Å². The molecule has 0 aromatic carbocycles. The molecule has 0 saturated heterocycles. The fourth-order valence-electron chi connectivity index (χ4n) is 0.343. The normalized spacial score (nSPS) is 7.10. The fraction of sp³-hybridized carbons (Fsp3) is 0.500. The van der Waals surface area contributed by atoms with Gasteiger partial charge in [-0.3, -0.25) is 4.79 Å². The molecule has 0 aromatic heterocycles. The molecular formula is C6H15ClNOP. The van der Waals surface area contributed by atoms with E-state index >= 15 is 0 Å². The van der Waals surface area contributed by atoms with Gasteiger partial charge in [0.15, 0.2) is 0 Å². The van der Waals surface area contributed by atoms with Crippen molar-refractivity contribution in [2.24, 2.45) is 0 Å². The maximum absolute atomic E-state index is 10.4. The van der Waals surface area contributed by atoms with Gasteiger partial charge < -0.3 is 5.32 Å². The van der Waals surface area contributed by atoms with Gasteiger partial charge in [-0.15, -0.1) is 12.4 Å². The number of amides is 1. The minimum Gasteiger partial charge on any atom is -0.350 e. The summed E-state index contributed by atoms with van der Waals surface area (Å²) in [5, 5.41) is 2.64. The van der Waals surface area contributed by atoms with Gasteiger partial charge >= 0.3 is 0 Å². The molecule has 0 aliphatic carbocycles. The van der Waals surface area contributed by atoms with Gasteiger partial charge in [0.25, 0.3) is 0 Å². The number of carbonyl (C=O) groups excluding carboxylic acids is 1. The number of halogens is 1. The Morgan fingerprint density at radius 3 is 2.10 bits per heavy atom. The molecule has 0 aliphatic heterocycles. The first-order chi connectivity index (χ1) is 3.66. The van der Waals surface area contributed by atoms with E-state index in [-0.39, 0.29) is 34.3 Å². The van der Waals surface area contributed by atoms with Crippen LogP contribution in [0.5, 0.6) is 0 Å². The van der Waals surface area contributed by atoms with Gasteiger partial charge in [-0.2, -0.15) is 9.90 Å². The highest BCUT2D eigenvalue weighted by Crippen LogP contribution is 1.75. The molecule has 2 nitrogen and oxygen atoms in total. The lowest BCUT2D eigenvalue weighted by Crippen LogP contribution is -2.27.